The Bertz CT molecular complexity index is 528. The molecular formula is C8F14O3. The second kappa shape index (κ2) is 5.08. The highest BCUT2D eigenvalue weighted by atomic mass is 19.4. The number of carbonyl (C=O) groups excluding carboxylic acids is 1. The molecule has 17 heteroatoms. The van der Waals surface area contributed by atoms with E-state index in [1.165, 1.54) is 0 Å². The first-order valence-electron chi connectivity index (χ1n) is 5.17. The molecule has 148 valence electrons. The summed E-state index contributed by atoms with van der Waals surface area (Å²) in [5, 5.41) is 0. The molecule has 0 aromatic rings. The number of alkyl halides is 13. The predicted octanol–water partition coefficient (Wildman–Crippen LogP) is 3.88. The zero-order valence-corrected chi connectivity index (χ0v) is 10.5. The maximum Gasteiger partial charge on any atom is 0.455 e. The molecule has 1 aliphatic rings. The fourth-order valence-electron chi connectivity index (χ4n) is 1.53. The Morgan fingerprint density at radius 3 is 1.08 bits per heavy atom. The van der Waals surface area contributed by atoms with Gasteiger partial charge in [-0.25, -0.2) is 0 Å². The second-order valence-corrected chi connectivity index (χ2v) is 4.35. The topological polar surface area (TPSA) is 35.5 Å². The van der Waals surface area contributed by atoms with Crippen LogP contribution in [0.1, 0.15) is 0 Å². The lowest BCUT2D eigenvalue weighted by atomic mass is 9.97. The lowest BCUT2D eigenvalue weighted by molar-refractivity contribution is -0.591. The number of carbonyl (C=O) groups is 1. The van der Waals surface area contributed by atoms with E-state index in [1.54, 1.807) is 0 Å². The zero-order chi connectivity index (χ0) is 20.5. The molecule has 0 radical (unpaired) electrons. The third kappa shape index (κ3) is 2.53. The van der Waals surface area contributed by atoms with Crippen molar-refractivity contribution in [3.8, 4) is 0 Å². The quantitative estimate of drug-likeness (QED) is 0.487. The van der Waals surface area contributed by atoms with E-state index in [2.05, 4.69) is 0 Å². The van der Waals surface area contributed by atoms with Crippen LogP contribution in [-0.2, 0) is 14.3 Å². The summed E-state index contributed by atoms with van der Waals surface area (Å²) in [5.41, 5.74) is 0. The molecule has 0 aromatic carbocycles. The van der Waals surface area contributed by atoms with Crippen molar-refractivity contribution in [1.82, 2.24) is 0 Å². The number of rotatable bonds is 1. The third-order valence-electron chi connectivity index (χ3n) is 2.74. The van der Waals surface area contributed by atoms with Gasteiger partial charge in [-0.05, 0) is 0 Å². The Morgan fingerprint density at radius 1 is 0.640 bits per heavy atom. The summed E-state index contributed by atoms with van der Waals surface area (Å²) in [7, 11) is 0. The predicted molar refractivity (Wildman–Crippen MR) is 41.8 cm³/mol. The highest BCUT2D eigenvalue weighted by Crippen LogP contribution is 2.64. The molecule has 1 fully saturated rings. The van der Waals surface area contributed by atoms with Gasteiger partial charge >= 0.3 is 48.0 Å². The first kappa shape index (κ1) is 21.7. The van der Waals surface area contributed by atoms with Crippen molar-refractivity contribution < 1.29 is 75.7 Å². The molecule has 25 heavy (non-hydrogen) atoms. The molecule has 0 bridgehead atoms. The van der Waals surface area contributed by atoms with Gasteiger partial charge in [0.15, 0.2) is 0 Å². The Hall–Kier alpha value is -1.39. The number of hydrogen-bond donors (Lipinski definition) is 0. The van der Waals surface area contributed by atoms with Crippen LogP contribution in [0, 0.1) is 0 Å². The minimum Gasteiger partial charge on any atom is -0.284 e. The Kier molecular flexibility index (Phi) is 4.40. The van der Waals surface area contributed by atoms with Crippen molar-refractivity contribution in [1.29, 1.82) is 0 Å². The number of halogens is 14. The number of ether oxygens (including phenoxy) is 2. The molecule has 0 amide bonds. The Labute approximate surface area is 125 Å². The van der Waals surface area contributed by atoms with Crippen molar-refractivity contribution in [3.05, 3.63) is 0 Å². The van der Waals surface area contributed by atoms with Crippen LogP contribution in [0.2, 0.25) is 0 Å². The van der Waals surface area contributed by atoms with E-state index in [4.69, 9.17) is 0 Å². The van der Waals surface area contributed by atoms with Gasteiger partial charge in [-0.1, -0.05) is 0 Å². The van der Waals surface area contributed by atoms with Gasteiger partial charge in [0.25, 0.3) is 0 Å². The van der Waals surface area contributed by atoms with Gasteiger partial charge in [0, 0.05) is 0 Å². The standard InChI is InChI=1S/C8F14O3/c9-1(23)2(6(14,15)16)24-4(12,7(17,18)19)3(10,11)5(13,25-2)8(20,21)22. The molecule has 0 aromatic heterocycles. The van der Waals surface area contributed by atoms with Crippen LogP contribution in [0.3, 0.4) is 0 Å². The van der Waals surface area contributed by atoms with E-state index in [-0.39, 0.29) is 0 Å². The molecule has 0 spiro atoms. The van der Waals surface area contributed by atoms with Gasteiger partial charge in [0.2, 0.25) is 0 Å². The van der Waals surface area contributed by atoms with Crippen molar-refractivity contribution >= 4 is 6.04 Å². The minimum absolute atomic E-state index is 2.00. The molecule has 1 aliphatic heterocycles. The smallest absolute Gasteiger partial charge is 0.284 e. The summed E-state index contributed by atoms with van der Waals surface area (Å²) in [6.45, 7) is 0. The second-order valence-electron chi connectivity index (χ2n) is 4.35. The molecule has 0 N–H and O–H groups in total. The van der Waals surface area contributed by atoms with E-state index >= 15 is 0 Å². The van der Waals surface area contributed by atoms with Crippen molar-refractivity contribution in [2.24, 2.45) is 0 Å². The van der Waals surface area contributed by atoms with E-state index in [0.29, 0.717) is 0 Å². The van der Waals surface area contributed by atoms with Crippen LogP contribution in [0.25, 0.3) is 0 Å². The SMILES string of the molecule is O=C(F)C1(C(F)(F)F)OC(F)(C(F)(F)F)C(F)(F)C(F)(C(F)(F)F)O1. The summed E-state index contributed by atoms with van der Waals surface area (Å²) >= 11 is 0. The molecular weight excluding hydrogens is 410 g/mol. The first-order valence-corrected chi connectivity index (χ1v) is 5.17. The molecule has 1 heterocycles. The molecule has 2 atom stereocenters. The summed E-state index contributed by atoms with van der Waals surface area (Å²) in [5.74, 6) is -29.1. The monoisotopic (exact) mass is 410 g/mol. The normalized spacial score (nSPS) is 37.0. The van der Waals surface area contributed by atoms with Crippen molar-refractivity contribution in [2.75, 3.05) is 0 Å². The highest BCUT2D eigenvalue weighted by molar-refractivity contribution is 5.78. The van der Waals surface area contributed by atoms with E-state index < -0.39 is 48.0 Å². The maximum absolute atomic E-state index is 13.5. The lowest BCUT2D eigenvalue weighted by Gasteiger charge is -2.51. The van der Waals surface area contributed by atoms with Crippen LogP contribution in [0.5, 0.6) is 0 Å². The Morgan fingerprint density at radius 2 is 0.920 bits per heavy atom. The summed E-state index contributed by atoms with van der Waals surface area (Å²) in [4.78, 5) is 10.3. The Balaban J connectivity index is 3.94. The largest absolute Gasteiger partial charge is 0.455 e. The molecule has 2 unspecified atom stereocenters. The van der Waals surface area contributed by atoms with Crippen molar-refractivity contribution in [2.45, 2.75) is 41.9 Å². The van der Waals surface area contributed by atoms with E-state index in [0.717, 1.165) is 0 Å². The van der Waals surface area contributed by atoms with Gasteiger partial charge in [-0.3, -0.25) is 14.3 Å². The molecule has 0 saturated carbocycles. The molecule has 1 rings (SSSR count). The summed E-state index contributed by atoms with van der Waals surface area (Å²) in [6, 6.07) is -4.51. The average Bonchev–Trinajstić information content (AvgIpc) is 2.31. The van der Waals surface area contributed by atoms with Gasteiger partial charge in [0.05, 0.1) is 0 Å². The highest BCUT2D eigenvalue weighted by Gasteiger charge is 2.95. The van der Waals surface area contributed by atoms with Gasteiger partial charge in [-0.15, -0.1) is 0 Å². The fourth-order valence-corrected chi connectivity index (χ4v) is 1.53. The first-order chi connectivity index (χ1) is 10.6. The van der Waals surface area contributed by atoms with E-state index in [9.17, 15) is 66.3 Å². The van der Waals surface area contributed by atoms with Gasteiger partial charge in [0.1, 0.15) is 0 Å². The summed E-state index contributed by atoms with van der Waals surface area (Å²) in [6.07, 6.45) is -22.2. The summed E-state index contributed by atoms with van der Waals surface area (Å²) < 4.78 is 182. The lowest BCUT2D eigenvalue weighted by Crippen LogP contribution is -2.81. The fraction of sp³-hybridized carbons (Fsp3) is 0.875. The van der Waals surface area contributed by atoms with Crippen LogP contribution < -0.4 is 0 Å². The van der Waals surface area contributed by atoms with Crippen molar-refractivity contribution in [3.63, 3.8) is 0 Å². The molecule has 1 saturated heterocycles. The minimum atomic E-state index is -7.58. The number of hydrogen-bond acceptors (Lipinski definition) is 3. The van der Waals surface area contributed by atoms with Crippen LogP contribution in [-0.4, -0.2) is 48.0 Å². The molecule has 3 nitrogen and oxygen atoms in total. The van der Waals surface area contributed by atoms with Gasteiger partial charge in [-0.2, -0.15) is 61.5 Å². The zero-order valence-electron chi connectivity index (χ0n) is 10.5. The maximum atomic E-state index is 13.5. The third-order valence-corrected chi connectivity index (χ3v) is 2.74. The van der Waals surface area contributed by atoms with Crippen LogP contribution in [0.4, 0.5) is 61.5 Å². The average molecular weight is 410 g/mol. The van der Waals surface area contributed by atoms with Crippen LogP contribution >= 0.6 is 0 Å². The molecule has 0 aliphatic carbocycles. The van der Waals surface area contributed by atoms with Crippen LogP contribution in [0.15, 0.2) is 0 Å². The van der Waals surface area contributed by atoms with E-state index in [1.807, 2.05) is 9.47 Å². The van der Waals surface area contributed by atoms with Gasteiger partial charge < -0.3 is 0 Å².